The summed E-state index contributed by atoms with van der Waals surface area (Å²) in [5.74, 6) is -0.0412. The number of carbonyl (C=O) groups excluding carboxylic acids is 1. The van der Waals surface area contributed by atoms with Gasteiger partial charge in [-0.25, -0.2) is 4.79 Å². The lowest BCUT2D eigenvalue weighted by atomic mass is 9.97. The molecule has 2 rings (SSSR count). The SMILES string of the molecule is CC(C)(C)OC(=O)NC(CCC(=O)O)Cc1cccc2c1OC(C)(C)C2. The third-order valence-corrected chi connectivity index (χ3v) is 4.07. The predicted molar refractivity (Wildman–Crippen MR) is 98.6 cm³/mol. The third-order valence-electron chi connectivity index (χ3n) is 4.07. The highest BCUT2D eigenvalue weighted by atomic mass is 16.6. The Balaban J connectivity index is 2.13. The van der Waals surface area contributed by atoms with Crippen LogP contribution >= 0.6 is 0 Å². The third kappa shape index (κ3) is 5.93. The average Bonchev–Trinajstić information content (AvgIpc) is 2.77. The number of amides is 1. The normalized spacial score (nSPS) is 16.3. The molecule has 2 N–H and O–H groups in total. The van der Waals surface area contributed by atoms with Gasteiger partial charge in [0.25, 0.3) is 0 Å². The molecule has 0 radical (unpaired) electrons. The maximum atomic E-state index is 12.1. The standard InChI is InChI=1S/C20H29NO5/c1-19(2,3)26-18(24)21-15(9-10-16(22)23)11-13-7-6-8-14-12-20(4,5)25-17(13)14/h6-8,15H,9-12H2,1-5H3,(H,21,24)(H,22,23). The molecule has 0 saturated heterocycles. The van der Waals surface area contributed by atoms with Gasteiger partial charge in [0.05, 0.1) is 0 Å². The second kappa shape index (κ2) is 7.56. The van der Waals surface area contributed by atoms with Gasteiger partial charge < -0.3 is 19.9 Å². The van der Waals surface area contributed by atoms with Crippen molar-refractivity contribution in [3.8, 4) is 5.75 Å². The van der Waals surface area contributed by atoms with Crippen LogP contribution in [0.25, 0.3) is 0 Å². The van der Waals surface area contributed by atoms with Crippen molar-refractivity contribution in [3.63, 3.8) is 0 Å². The molecular weight excluding hydrogens is 334 g/mol. The molecular formula is C20H29NO5. The van der Waals surface area contributed by atoms with E-state index in [4.69, 9.17) is 14.6 Å². The number of nitrogens with one attached hydrogen (secondary N) is 1. The Kier molecular flexibility index (Phi) is 5.84. The number of rotatable bonds is 6. The minimum atomic E-state index is -0.892. The first-order valence-corrected chi connectivity index (χ1v) is 8.96. The van der Waals surface area contributed by atoms with E-state index in [0.717, 1.165) is 23.3 Å². The number of carboxylic acid groups (broad SMARTS) is 1. The van der Waals surface area contributed by atoms with E-state index in [2.05, 4.69) is 5.32 Å². The zero-order valence-corrected chi connectivity index (χ0v) is 16.2. The van der Waals surface area contributed by atoms with Crippen LogP contribution in [0.3, 0.4) is 0 Å². The summed E-state index contributed by atoms with van der Waals surface area (Å²) >= 11 is 0. The van der Waals surface area contributed by atoms with Crippen molar-refractivity contribution in [1.82, 2.24) is 5.32 Å². The van der Waals surface area contributed by atoms with Gasteiger partial charge in [-0.2, -0.15) is 0 Å². The molecule has 0 aliphatic carbocycles. The Morgan fingerprint density at radius 3 is 2.65 bits per heavy atom. The van der Waals surface area contributed by atoms with Crippen molar-refractivity contribution < 1.29 is 24.2 Å². The van der Waals surface area contributed by atoms with E-state index in [-0.39, 0.29) is 18.1 Å². The number of carboxylic acids is 1. The summed E-state index contributed by atoms with van der Waals surface area (Å²) in [5, 5.41) is 11.8. The molecule has 6 heteroatoms. The molecule has 1 amide bonds. The number of hydrogen-bond acceptors (Lipinski definition) is 4. The lowest BCUT2D eigenvalue weighted by molar-refractivity contribution is -0.137. The molecule has 1 atom stereocenters. The lowest BCUT2D eigenvalue weighted by Gasteiger charge is -2.24. The largest absolute Gasteiger partial charge is 0.487 e. The first kappa shape index (κ1) is 20.1. The number of fused-ring (bicyclic) bond motifs is 1. The summed E-state index contributed by atoms with van der Waals surface area (Å²) in [6.07, 6.45) is 1.08. The summed E-state index contributed by atoms with van der Waals surface area (Å²) in [7, 11) is 0. The van der Waals surface area contributed by atoms with Crippen molar-refractivity contribution in [1.29, 1.82) is 0 Å². The van der Waals surface area contributed by atoms with Crippen LogP contribution in [0.4, 0.5) is 4.79 Å². The van der Waals surface area contributed by atoms with Crippen LogP contribution in [0.1, 0.15) is 58.6 Å². The van der Waals surface area contributed by atoms with Crippen LogP contribution in [0, 0.1) is 0 Å². The van der Waals surface area contributed by atoms with Crippen molar-refractivity contribution in [2.75, 3.05) is 0 Å². The van der Waals surface area contributed by atoms with Crippen LogP contribution in [0.5, 0.6) is 5.75 Å². The van der Waals surface area contributed by atoms with E-state index < -0.39 is 17.7 Å². The Hall–Kier alpha value is -2.24. The van der Waals surface area contributed by atoms with E-state index in [1.807, 2.05) is 32.0 Å². The Labute approximate surface area is 154 Å². The van der Waals surface area contributed by atoms with Gasteiger partial charge in [0.2, 0.25) is 0 Å². The summed E-state index contributed by atoms with van der Waals surface area (Å²) in [4.78, 5) is 23.1. The number of ether oxygens (including phenoxy) is 2. The number of carbonyl (C=O) groups is 2. The number of alkyl carbamates (subject to hydrolysis) is 1. The molecule has 1 unspecified atom stereocenters. The molecule has 1 heterocycles. The molecule has 0 bridgehead atoms. The molecule has 0 fully saturated rings. The summed E-state index contributed by atoms with van der Waals surface area (Å²) in [5.41, 5.74) is 1.25. The molecule has 144 valence electrons. The molecule has 1 aromatic carbocycles. The Morgan fingerprint density at radius 2 is 2.04 bits per heavy atom. The van der Waals surface area contributed by atoms with Gasteiger partial charge in [-0.3, -0.25) is 4.79 Å². The van der Waals surface area contributed by atoms with Crippen molar-refractivity contribution in [2.24, 2.45) is 0 Å². The molecule has 6 nitrogen and oxygen atoms in total. The number of benzene rings is 1. The summed E-state index contributed by atoms with van der Waals surface area (Å²) in [6, 6.07) is 5.63. The summed E-state index contributed by atoms with van der Waals surface area (Å²) in [6.45, 7) is 9.45. The van der Waals surface area contributed by atoms with Gasteiger partial charge in [0, 0.05) is 18.9 Å². The van der Waals surface area contributed by atoms with Gasteiger partial charge in [0.1, 0.15) is 17.0 Å². The van der Waals surface area contributed by atoms with E-state index in [1.54, 1.807) is 20.8 Å². The molecule has 1 aromatic rings. The van der Waals surface area contributed by atoms with Gasteiger partial charge in [-0.05, 0) is 58.6 Å². The number of para-hydroxylation sites is 1. The fraction of sp³-hybridized carbons (Fsp3) is 0.600. The highest BCUT2D eigenvalue weighted by molar-refractivity contribution is 5.69. The quantitative estimate of drug-likeness (QED) is 0.805. The Morgan fingerprint density at radius 1 is 1.35 bits per heavy atom. The molecule has 26 heavy (non-hydrogen) atoms. The molecule has 1 aliphatic heterocycles. The first-order valence-electron chi connectivity index (χ1n) is 8.96. The van der Waals surface area contributed by atoms with E-state index in [1.165, 1.54) is 0 Å². The summed E-state index contributed by atoms with van der Waals surface area (Å²) < 4.78 is 11.4. The minimum absolute atomic E-state index is 0.0260. The van der Waals surface area contributed by atoms with E-state index >= 15 is 0 Å². The zero-order valence-electron chi connectivity index (χ0n) is 16.2. The lowest BCUT2D eigenvalue weighted by Crippen LogP contribution is -2.40. The minimum Gasteiger partial charge on any atom is -0.487 e. The highest BCUT2D eigenvalue weighted by Crippen LogP contribution is 2.38. The number of hydrogen-bond donors (Lipinski definition) is 2. The zero-order chi connectivity index (χ0) is 19.5. The van der Waals surface area contributed by atoms with Crippen LogP contribution in [0.15, 0.2) is 18.2 Å². The monoisotopic (exact) mass is 363 g/mol. The first-order chi connectivity index (χ1) is 12.0. The van der Waals surface area contributed by atoms with E-state index in [0.29, 0.717) is 12.8 Å². The molecule has 0 saturated carbocycles. The highest BCUT2D eigenvalue weighted by Gasteiger charge is 2.32. The van der Waals surface area contributed by atoms with Crippen LogP contribution in [0.2, 0.25) is 0 Å². The van der Waals surface area contributed by atoms with Crippen LogP contribution < -0.4 is 10.1 Å². The Bertz CT molecular complexity index is 675. The van der Waals surface area contributed by atoms with Crippen LogP contribution in [-0.2, 0) is 22.4 Å². The van der Waals surface area contributed by atoms with Gasteiger partial charge in [0.15, 0.2) is 0 Å². The van der Waals surface area contributed by atoms with Gasteiger partial charge in [-0.15, -0.1) is 0 Å². The van der Waals surface area contributed by atoms with E-state index in [9.17, 15) is 9.59 Å². The van der Waals surface area contributed by atoms with Crippen molar-refractivity contribution in [2.45, 2.75) is 77.5 Å². The fourth-order valence-corrected chi connectivity index (χ4v) is 3.10. The van der Waals surface area contributed by atoms with Gasteiger partial charge in [-0.1, -0.05) is 18.2 Å². The molecule has 0 aromatic heterocycles. The van der Waals surface area contributed by atoms with Gasteiger partial charge >= 0.3 is 12.1 Å². The second-order valence-electron chi connectivity index (χ2n) is 8.42. The smallest absolute Gasteiger partial charge is 0.407 e. The fourth-order valence-electron chi connectivity index (χ4n) is 3.10. The topological polar surface area (TPSA) is 84.9 Å². The van der Waals surface area contributed by atoms with Crippen LogP contribution in [-0.4, -0.2) is 34.4 Å². The second-order valence-corrected chi connectivity index (χ2v) is 8.42. The molecule has 1 aliphatic rings. The van der Waals surface area contributed by atoms with Crippen molar-refractivity contribution in [3.05, 3.63) is 29.3 Å². The predicted octanol–water partition coefficient (Wildman–Crippen LogP) is 3.70. The average molecular weight is 363 g/mol. The molecule has 0 spiro atoms. The maximum Gasteiger partial charge on any atom is 0.407 e. The van der Waals surface area contributed by atoms with Crippen molar-refractivity contribution >= 4 is 12.1 Å². The number of aliphatic carboxylic acids is 1. The maximum absolute atomic E-state index is 12.1.